The predicted molar refractivity (Wildman–Crippen MR) is 127 cm³/mol. The number of esters is 2. The third-order valence-corrected chi connectivity index (χ3v) is 12.0. The molecule has 0 spiro atoms. The van der Waals surface area contributed by atoms with Crippen molar-refractivity contribution >= 4 is 35.5 Å². The number of rotatable bonds is 10. The summed E-state index contributed by atoms with van der Waals surface area (Å²) in [5.74, 6) is -1.30. The molecule has 6 aliphatic heterocycles. The summed E-state index contributed by atoms with van der Waals surface area (Å²) < 4.78 is 29.1. The van der Waals surface area contributed by atoms with Crippen LogP contribution in [0.4, 0.5) is 0 Å². The minimum atomic E-state index is -0.975. The second kappa shape index (κ2) is 8.47. The summed E-state index contributed by atoms with van der Waals surface area (Å²) >= 11 is 3.42. The fourth-order valence-electron chi connectivity index (χ4n) is 7.30. The van der Waals surface area contributed by atoms with Gasteiger partial charge in [0.2, 0.25) is 0 Å². The van der Waals surface area contributed by atoms with Crippen LogP contribution in [0.15, 0.2) is 0 Å². The summed E-state index contributed by atoms with van der Waals surface area (Å²) in [5.41, 5.74) is -1.95. The average molecular weight is 531 g/mol. The van der Waals surface area contributed by atoms with Gasteiger partial charge in [0.1, 0.15) is 24.4 Å². The zero-order chi connectivity index (χ0) is 24.9. The highest BCUT2D eigenvalue weighted by Crippen LogP contribution is 2.62. The summed E-state index contributed by atoms with van der Waals surface area (Å²) in [6.45, 7) is 8.48. The Balaban J connectivity index is 0.956. The molecule has 12 unspecified atom stereocenters. The van der Waals surface area contributed by atoms with Gasteiger partial charge in [0.15, 0.2) is 0 Å². The number of thioether (sulfide) groups is 2. The minimum Gasteiger partial charge on any atom is -0.458 e. The normalized spacial score (nSPS) is 47.1. The maximum atomic E-state index is 12.4. The smallest absolute Gasteiger partial charge is 0.311 e. The number of hydrogen-bond donors (Lipinski definition) is 2. The van der Waals surface area contributed by atoms with Gasteiger partial charge < -0.3 is 33.9 Å². The lowest BCUT2D eigenvalue weighted by atomic mass is 9.71. The van der Waals surface area contributed by atoms with E-state index >= 15 is 0 Å². The molecule has 6 fully saturated rings. The summed E-state index contributed by atoms with van der Waals surface area (Å²) in [6, 6.07) is 0. The van der Waals surface area contributed by atoms with Crippen LogP contribution in [0.2, 0.25) is 0 Å². The molecule has 0 aromatic rings. The fourth-order valence-corrected chi connectivity index (χ4v) is 11.8. The quantitative estimate of drug-likeness (QED) is 0.306. The van der Waals surface area contributed by atoms with Crippen LogP contribution in [0.3, 0.4) is 0 Å². The van der Waals surface area contributed by atoms with Gasteiger partial charge in [-0.15, -0.1) is 23.5 Å². The van der Waals surface area contributed by atoms with E-state index in [1.165, 1.54) is 0 Å². The molecule has 6 rings (SSSR count). The molecule has 9 nitrogen and oxygen atoms in total. The number of carbonyl (C=O) groups excluding carboxylic acids is 2. The number of fused-ring (bicyclic) bond motifs is 2. The second-order valence-electron chi connectivity index (χ2n) is 11.6. The lowest BCUT2D eigenvalue weighted by Gasteiger charge is -2.37. The van der Waals surface area contributed by atoms with Crippen LogP contribution in [0.25, 0.3) is 0 Å². The largest absolute Gasteiger partial charge is 0.458 e. The molecular formula is C24H34O9S2. The van der Waals surface area contributed by atoms with Crippen molar-refractivity contribution in [2.75, 3.05) is 26.4 Å². The summed E-state index contributed by atoms with van der Waals surface area (Å²) in [6.07, 6.45) is -0.972. The van der Waals surface area contributed by atoms with Crippen molar-refractivity contribution in [2.45, 2.75) is 84.3 Å². The Hall–Kier alpha value is -0.560. The molecule has 0 amide bonds. The third kappa shape index (κ3) is 3.79. The molecule has 0 aromatic heterocycles. The molecular weight excluding hydrogens is 496 g/mol. The minimum absolute atomic E-state index is 0.0294. The number of aliphatic hydroxyl groups is 2. The van der Waals surface area contributed by atoms with E-state index in [0.29, 0.717) is 26.4 Å². The van der Waals surface area contributed by atoms with Crippen molar-refractivity contribution < 1.29 is 43.5 Å². The van der Waals surface area contributed by atoms with Gasteiger partial charge in [-0.2, -0.15) is 0 Å². The summed E-state index contributed by atoms with van der Waals surface area (Å²) in [5, 5.41) is 21.5. The van der Waals surface area contributed by atoms with Crippen molar-refractivity contribution in [1.29, 1.82) is 0 Å². The maximum absolute atomic E-state index is 12.4. The molecule has 11 heteroatoms. The number of hydrogen-bond acceptors (Lipinski definition) is 11. The van der Waals surface area contributed by atoms with Gasteiger partial charge in [0.25, 0.3) is 0 Å². The predicted octanol–water partition coefficient (Wildman–Crippen LogP) is 0.626. The molecule has 6 saturated heterocycles. The standard InChI is InChI=1S/C24H34O9S2/c1-23(2,27)11-9-17-15(32-21(9)25)13(19(11)34-17)30-7-5-29-6-8-31-14-16-18-10(22(26)33-16)12(20(14)35-18)24(3,4)28/h9-20,27-28H,5-8H2,1-4H3. The molecule has 0 aromatic carbocycles. The molecule has 35 heavy (non-hydrogen) atoms. The molecule has 4 bridgehead atoms. The maximum Gasteiger partial charge on any atom is 0.311 e. The van der Waals surface area contributed by atoms with E-state index in [1.807, 2.05) is 0 Å². The molecule has 0 radical (unpaired) electrons. The summed E-state index contributed by atoms with van der Waals surface area (Å²) in [4.78, 5) is 24.7. The van der Waals surface area contributed by atoms with Gasteiger partial charge in [-0.1, -0.05) is 0 Å². The highest BCUT2D eigenvalue weighted by atomic mass is 32.2. The number of ether oxygens (including phenoxy) is 5. The first-order valence-corrected chi connectivity index (χ1v) is 14.3. The number of carbonyl (C=O) groups is 2. The van der Waals surface area contributed by atoms with E-state index in [4.69, 9.17) is 23.7 Å². The van der Waals surface area contributed by atoms with Crippen molar-refractivity contribution in [1.82, 2.24) is 0 Å². The molecule has 2 N–H and O–H groups in total. The first kappa shape index (κ1) is 24.8. The van der Waals surface area contributed by atoms with E-state index < -0.39 is 11.2 Å². The lowest BCUT2D eigenvalue weighted by molar-refractivity contribution is -0.148. The van der Waals surface area contributed by atoms with Gasteiger partial charge in [0, 0.05) is 22.3 Å². The topological polar surface area (TPSA) is 121 Å². The Bertz CT molecular complexity index is 815. The first-order valence-electron chi connectivity index (χ1n) is 12.5. The van der Waals surface area contributed by atoms with Gasteiger partial charge in [0.05, 0.1) is 60.0 Å². The second-order valence-corrected chi connectivity index (χ2v) is 14.3. The van der Waals surface area contributed by atoms with Crippen LogP contribution < -0.4 is 0 Å². The zero-order valence-electron chi connectivity index (χ0n) is 20.3. The highest BCUT2D eigenvalue weighted by Gasteiger charge is 2.71. The average Bonchev–Trinajstić information content (AvgIpc) is 3.53. The lowest BCUT2D eigenvalue weighted by Crippen LogP contribution is -2.51. The molecule has 6 aliphatic rings. The molecule has 0 aliphatic carbocycles. The van der Waals surface area contributed by atoms with Crippen molar-refractivity contribution in [3.8, 4) is 0 Å². The van der Waals surface area contributed by atoms with Gasteiger partial charge in [-0.3, -0.25) is 9.59 Å². The van der Waals surface area contributed by atoms with Gasteiger partial charge in [-0.05, 0) is 27.7 Å². The molecule has 196 valence electrons. The Labute approximate surface area is 213 Å². The zero-order valence-corrected chi connectivity index (χ0v) is 22.0. The Morgan fingerprint density at radius 1 is 0.714 bits per heavy atom. The van der Waals surface area contributed by atoms with E-state index in [2.05, 4.69) is 0 Å². The molecule has 6 heterocycles. The monoisotopic (exact) mass is 530 g/mol. The van der Waals surface area contributed by atoms with Crippen LogP contribution in [0.1, 0.15) is 27.7 Å². The Kier molecular flexibility index (Phi) is 5.99. The van der Waals surface area contributed by atoms with Gasteiger partial charge in [-0.25, -0.2) is 0 Å². The van der Waals surface area contributed by atoms with Crippen LogP contribution in [0.5, 0.6) is 0 Å². The Morgan fingerprint density at radius 2 is 1.11 bits per heavy atom. The van der Waals surface area contributed by atoms with Gasteiger partial charge >= 0.3 is 11.9 Å². The third-order valence-electron chi connectivity index (χ3n) is 8.52. The van der Waals surface area contributed by atoms with Crippen LogP contribution in [-0.4, -0.2) is 105 Å². The van der Waals surface area contributed by atoms with E-state index in [9.17, 15) is 19.8 Å². The highest BCUT2D eigenvalue weighted by molar-refractivity contribution is 8.01. The van der Waals surface area contributed by atoms with E-state index in [0.717, 1.165) is 0 Å². The van der Waals surface area contributed by atoms with Crippen molar-refractivity contribution in [2.24, 2.45) is 23.7 Å². The van der Waals surface area contributed by atoms with Crippen molar-refractivity contribution in [3.05, 3.63) is 0 Å². The SMILES string of the molecule is CC(C)(O)C1C2SC3C(OC(=O)C31)C2OCCOCCOC1C2OC(=O)C3C2SC1C3C(C)(C)O. The van der Waals surface area contributed by atoms with Crippen LogP contribution in [0, 0.1) is 23.7 Å². The molecule has 12 atom stereocenters. The first-order chi connectivity index (χ1) is 16.5. The van der Waals surface area contributed by atoms with E-state index in [1.54, 1.807) is 51.2 Å². The fraction of sp³-hybridized carbons (Fsp3) is 0.917. The van der Waals surface area contributed by atoms with E-state index in [-0.39, 0.29) is 81.0 Å². The summed E-state index contributed by atoms with van der Waals surface area (Å²) in [7, 11) is 0. The van der Waals surface area contributed by atoms with Crippen molar-refractivity contribution in [3.63, 3.8) is 0 Å². The van der Waals surface area contributed by atoms with Crippen LogP contribution in [-0.2, 0) is 33.3 Å². The molecule has 0 saturated carbocycles. The Morgan fingerprint density at radius 3 is 1.49 bits per heavy atom. The van der Waals surface area contributed by atoms with Crippen LogP contribution >= 0.6 is 23.5 Å².